The highest BCUT2D eigenvalue weighted by atomic mass is 16.3. The highest BCUT2D eigenvalue weighted by Crippen LogP contribution is 2.18. The molecule has 1 saturated heterocycles. The molecule has 2 heteroatoms. The monoisotopic (exact) mass is 189 g/mol. The van der Waals surface area contributed by atoms with Gasteiger partial charge in [-0.3, -0.25) is 0 Å². The largest absolute Gasteiger partial charge is 0.507 e. The first-order valence-corrected chi connectivity index (χ1v) is 5.06. The second kappa shape index (κ2) is 4.18. The van der Waals surface area contributed by atoms with Gasteiger partial charge in [-0.2, -0.15) is 0 Å². The van der Waals surface area contributed by atoms with E-state index in [0.717, 1.165) is 18.7 Å². The summed E-state index contributed by atoms with van der Waals surface area (Å²) in [7, 11) is 0. The van der Waals surface area contributed by atoms with Gasteiger partial charge in [0.1, 0.15) is 5.75 Å². The molecule has 14 heavy (non-hydrogen) atoms. The Morgan fingerprint density at radius 3 is 2.57 bits per heavy atom. The summed E-state index contributed by atoms with van der Waals surface area (Å²) in [5, 5.41) is 9.51. The number of para-hydroxylation sites is 1. The summed E-state index contributed by atoms with van der Waals surface area (Å²) in [5.74, 6) is 0.350. The Morgan fingerprint density at radius 2 is 1.86 bits per heavy atom. The van der Waals surface area contributed by atoms with Crippen molar-refractivity contribution in [2.45, 2.75) is 12.8 Å². The molecule has 1 N–H and O–H groups in total. The summed E-state index contributed by atoms with van der Waals surface area (Å²) in [6.07, 6.45) is 6.61. The molecule has 74 valence electrons. The number of aromatic hydroxyl groups is 1. The number of benzene rings is 1. The zero-order chi connectivity index (χ0) is 9.80. The van der Waals surface area contributed by atoms with Gasteiger partial charge in [-0.25, -0.2) is 0 Å². The molecular weight excluding hydrogens is 174 g/mol. The van der Waals surface area contributed by atoms with Crippen LogP contribution in [0, 0.1) is 0 Å². The molecule has 0 atom stereocenters. The van der Waals surface area contributed by atoms with E-state index < -0.39 is 0 Å². The standard InChI is InChI=1S/C12H15NO/c14-12-6-2-1-5-11(12)7-10-13-8-3-4-9-13/h1-2,5-7,10,14H,3-4,8-9H2. The van der Waals surface area contributed by atoms with Crippen LogP contribution in [0.5, 0.6) is 5.75 Å². The molecule has 2 rings (SSSR count). The second-order valence-corrected chi connectivity index (χ2v) is 3.62. The summed E-state index contributed by atoms with van der Waals surface area (Å²) in [5.41, 5.74) is 0.888. The SMILES string of the molecule is Oc1ccccc1C=CN1CCCC1. The Labute approximate surface area is 84.5 Å². The van der Waals surface area contributed by atoms with Crippen molar-refractivity contribution in [2.75, 3.05) is 13.1 Å². The van der Waals surface area contributed by atoms with Crippen LogP contribution in [-0.4, -0.2) is 23.1 Å². The number of phenolic OH excluding ortho intramolecular Hbond substituents is 1. The Kier molecular flexibility index (Phi) is 2.73. The van der Waals surface area contributed by atoms with Gasteiger partial charge in [-0.1, -0.05) is 18.2 Å². The average molecular weight is 189 g/mol. The normalized spacial score (nSPS) is 16.7. The molecule has 0 saturated carbocycles. The molecule has 0 bridgehead atoms. The van der Waals surface area contributed by atoms with Crippen molar-refractivity contribution in [3.63, 3.8) is 0 Å². The number of hydrogen-bond donors (Lipinski definition) is 1. The summed E-state index contributed by atoms with van der Waals surface area (Å²) in [6, 6.07) is 7.40. The zero-order valence-corrected chi connectivity index (χ0v) is 8.19. The van der Waals surface area contributed by atoms with Gasteiger partial charge in [0.2, 0.25) is 0 Å². The molecular formula is C12H15NO. The molecule has 1 aliphatic rings. The van der Waals surface area contributed by atoms with Gasteiger partial charge in [0.25, 0.3) is 0 Å². The van der Waals surface area contributed by atoms with Crippen LogP contribution >= 0.6 is 0 Å². The van der Waals surface area contributed by atoms with E-state index in [1.807, 2.05) is 24.3 Å². The maximum absolute atomic E-state index is 9.51. The van der Waals surface area contributed by atoms with Crippen LogP contribution in [-0.2, 0) is 0 Å². The molecule has 0 spiro atoms. The van der Waals surface area contributed by atoms with E-state index in [9.17, 15) is 5.11 Å². The molecule has 0 amide bonds. The number of phenols is 1. The fraction of sp³-hybridized carbons (Fsp3) is 0.333. The van der Waals surface area contributed by atoms with Crippen molar-refractivity contribution in [1.82, 2.24) is 4.90 Å². The molecule has 0 unspecified atom stereocenters. The molecule has 1 heterocycles. The topological polar surface area (TPSA) is 23.5 Å². The first kappa shape index (κ1) is 9.13. The Bertz CT molecular complexity index is 327. The number of hydrogen-bond acceptors (Lipinski definition) is 2. The quantitative estimate of drug-likeness (QED) is 0.772. The van der Waals surface area contributed by atoms with Crippen molar-refractivity contribution in [3.8, 4) is 5.75 Å². The smallest absolute Gasteiger partial charge is 0.122 e. The highest BCUT2D eigenvalue weighted by Gasteiger charge is 2.06. The van der Waals surface area contributed by atoms with Crippen LogP contribution in [0.3, 0.4) is 0 Å². The van der Waals surface area contributed by atoms with Gasteiger partial charge in [0.05, 0.1) is 0 Å². The van der Waals surface area contributed by atoms with Crippen molar-refractivity contribution >= 4 is 6.08 Å². The Balaban J connectivity index is 2.06. The van der Waals surface area contributed by atoms with Crippen LogP contribution in [0.2, 0.25) is 0 Å². The van der Waals surface area contributed by atoms with Gasteiger partial charge < -0.3 is 10.0 Å². The summed E-state index contributed by atoms with van der Waals surface area (Å²) < 4.78 is 0. The molecule has 0 aromatic heterocycles. The predicted octanol–water partition coefficient (Wildman–Crippen LogP) is 2.46. The predicted molar refractivity (Wildman–Crippen MR) is 57.9 cm³/mol. The van der Waals surface area contributed by atoms with E-state index in [1.165, 1.54) is 12.8 Å². The van der Waals surface area contributed by atoms with E-state index in [2.05, 4.69) is 11.1 Å². The van der Waals surface area contributed by atoms with Crippen LogP contribution < -0.4 is 0 Å². The molecule has 1 fully saturated rings. The third-order valence-electron chi connectivity index (χ3n) is 2.54. The lowest BCUT2D eigenvalue weighted by Gasteiger charge is -2.10. The number of likely N-dealkylation sites (tertiary alicyclic amines) is 1. The maximum Gasteiger partial charge on any atom is 0.122 e. The van der Waals surface area contributed by atoms with Gasteiger partial charge in [0.15, 0.2) is 0 Å². The first-order valence-electron chi connectivity index (χ1n) is 5.06. The van der Waals surface area contributed by atoms with Gasteiger partial charge in [-0.15, -0.1) is 0 Å². The summed E-state index contributed by atoms with van der Waals surface area (Å²) in [6.45, 7) is 2.29. The second-order valence-electron chi connectivity index (χ2n) is 3.62. The lowest BCUT2D eigenvalue weighted by Crippen LogP contribution is -2.09. The molecule has 1 aromatic rings. The van der Waals surface area contributed by atoms with E-state index in [4.69, 9.17) is 0 Å². The minimum atomic E-state index is 0.350. The molecule has 1 aromatic carbocycles. The molecule has 2 nitrogen and oxygen atoms in total. The first-order chi connectivity index (χ1) is 6.86. The molecule has 0 aliphatic carbocycles. The van der Waals surface area contributed by atoms with Crippen LogP contribution in [0.4, 0.5) is 0 Å². The van der Waals surface area contributed by atoms with Crippen molar-refractivity contribution in [3.05, 3.63) is 36.0 Å². The number of nitrogens with zero attached hydrogens (tertiary/aromatic N) is 1. The van der Waals surface area contributed by atoms with E-state index >= 15 is 0 Å². The third-order valence-corrected chi connectivity index (χ3v) is 2.54. The summed E-state index contributed by atoms with van der Waals surface area (Å²) >= 11 is 0. The maximum atomic E-state index is 9.51. The fourth-order valence-corrected chi connectivity index (χ4v) is 1.70. The highest BCUT2D eigenvalue weighted by molar-refractivity contribution is 5.56. The van der Waals surface area contributed by atoms with Crippen molar-refractivity contribution < 1.29 is 5.11 Å². The Hall–Kier alpha value is -1.44. The minimum Gasteiger partial charge on any atom is -0.507 e. The Morgan fingerprint density at radius 1 is 1.14 bits per heavy atom. The number of rotatable bonds is 2. The average Bonchev–Trinajstić information content (AvgIpc) is 2.69. The zero-order valence-electron chi connectivity index (χ0n) is 8.19. The van der Waals surface area contributed by atoms with E-state index in [-0.39, 0.29) is 0 Å². The van der Waals surface area contributed by atoms with Crippen molar-refractivity contribution in [2.24, 2.45) is 0 Å². The molecule has 0 radical (unpaired) electrons. The minimum absolute atomic E-state index is 0.350. The van der Waals surface area contributed by atoms with Gasteiger partial charge in [-0.05, 0) is 31.2 Å². The lowest BCUT2D eigenvalue weighted by molar-refractivity contribution is 0.467. The van der Waals surface area contributed by atoms with Crippen molar-refractivity contribution in [1.29, 1.82) is 0 Å². The van der Waals surface area contributed by atoms with Crippen LogP contribution in [0.15, 0.2) is 30.5 Å². The third kappa shape index (κ3) is 2.08. The molecule has 1 aliphatic heterocycles. The fourth-order valence-electron chi connectivity index (χ4n) is 1.70. The van der Waals surface area contributed by atoms with Crippen LogP contribution in [0.25, 0.3) is 6.08 Å². The van der Waals surface area contributed by atoms with E-state index in [1.54, 1.807) is 6.07 Å². The summed E-state index contributed by atoms with van der Waals surface area (Å²) in [4.78, 5) is 2.28. The van der Waals surface area contributed by atoms with Gasteiger partial charge in [0, 0.05) is 18.7 Å². The lowest BCUT2D eigenvalue weighted by atomic mass is 10.2. The van der Waals surface area contributed by atoms with Crippen LogP contribution in [0.1, 0.15) is 18.4 Å². The van der Waals surface area contributed by atoms with Gasteiger partial charge >= 0.3 is 0 Å². The van der Waals surface area contributed by atoms with E-state index in [0.29, 0.717) is 5.75 Å².